The van der Waals surface area contributed by atoms with Crippen molar-refractivity contribution in [3.05, 3.63) is 285 Å². The Bertz CT molecular complexity index is 3260. The van der Waals surface area contributed by atoms with Crippen molar-refractivity contribution in [1.82, 2.24) is 9.97 Å². The van der Waals surface area contributed by atoms with Crippen molar-refractivity contribution in [3.8, 4) is 55.8 Å². The quantitative estimate of drug-likeness (QED) is 0.107. The molecule has 4 N–H and O–H groups in total. The third kappa shape index (κ3) is 13.9. The van der Waals surface area contributed by atoms with Crippen molar-refractivity contribution < 1.29 is 0 Å². The van der Waals surface area contributed by atoms with Crippen LogP contribution in [0.25, 0.3) is 84.4 Å². The maximum Gasteiger partial charge on any atom is 0.0885 e. The highest BCUT2D eigenvalue weighted by molar-refractivity contribution is 7.59. The molecule has 9 aromatic rings. The van der Waals surface area contributed by atoms with Gasteiger partial charge in [0.1, 0.15) is 0 Å². The van der Waals surface area contributed by atoms with Crippen LogP contribution in [0, 0.1) is 0 Å². The number of hydrogen-bond acceptors (Lipinski definition) is 4. The summed E-state index contributed by atoms with van der Waals surface area (Å²) < 4.78 is 0. The first kappa shape index (κ1) is 52.0. The molecule has 71 heavy (non-hydrogen) atoms. The first-order valence-corrected chi connectivity index (χ1v) is 23.6. The Morgan fingerprint density at radius 1 is 0.535 bits per heavy atom. The summed E-state index contributed by atoms with van der Waals surface area (Å²) in [6.45, 7) is 18.2. The van der Waals surface area contributed by atoms with Gasteiger partial charge in [0, 0.05) is 23.7 Å². The van der Waals surface area contributed by atoms with Crippen LogP contribution in [0.5, 0.6) is 0 Å². The van der Waals surface area contributed by atoms with Gasteiger partial charge in [-0.3, -0.25) is 9.97 Å². The highest BCUT2D eigenvalue weighted by Gasteiger charge is 2.13. The number of nitrogens with two attached hydrogens (primary N) is 2. The van der Waals surface area contributed by atoms with Gasteiger partial charge in [0.2, 0.25) is 0 Å². The lowest BCUT2D eigenvalue weighted by Crippen LogP contribution is -1.94. The van der Waals surface area contributed by atoms with Crippen molar-refractivity contribution in [1.29, 1.82) is 0 Å². The SMILES string of the molecule is C=C/C=C\C=C/Cc1cccc(C(=C)N)c1.C=Cc1cc(-c2ccc(-c3cc(Cc4cccc(-c5ccccc5)c4)cc(-c4ccc(-c5cnccn5)cc4)c3)cc2)c2ccccc2c1C=C.CCN.S. The van der Waals surface area contributed by atoms with Gasteiger partial charge in [-0.1, -0.05) is 233 Å². The molecule has 0 amide bonds. The van der Waals surface area contributed by atoms with E-state index in [1.807, 2.05) is 49.4 Å². The van der Waals surface area contributed by atoms with E-state index in [0.717, 1.165) is 52.9 Å². The molecule has 4 nitrogen and oxygen atoms in total. The number of allylic oxidation sites excluding steroid dienone is 5. The normalized spacial score (nSPS) is 10.6. The molecule has 0 saturated heterocycles. The van der Waals surface area contributed by atoms with E-state index in [0.29, 0.717) is 5.70 Å². The van der Waals surface area contributed by atoms with E-state index >= 15 is 0 Å². The second-order valence-electron chi connectivity index (χ2n) is 16.7. The van der Waals surface area contributed by atoms with Gasteiger partial charge in [0.15, 0.2) is 0 Å². The molecule has 0 fully saturated rings. The molecule has 0 unspecified atom stereocenters. The molecule has 0 atom stereocenters. The van der Waals surface area contributed by atoms with Crippen LogP contribution in [0.15, 0.2) is 251 Å². The van der Waals surface area contributed by atoms with Gasteiger partial charge < -0.3 is 11.5 Å². The molecule has 352 valence electrons. The highest BCUT2D eigenvalue weighted by atomic mass is 32.1. The van der Waals surface area contributed by atoms with Gasteiger partial charge in [0.25, 0.3) is 0 Å². The molecule has 1 aromatic heterocycles. The largest absolute Gasteiger partial charge is 0.399 e. The smallest absolute Gasteiger partial charge is 0.0885 e. The summed E-state index contributed by atoms with van der Waals surface area (Å²) in [6, 6.07) is 62.9. The lowest BCUT2D eigenvalue weighted by molar-refractivity contribution is 1.14. The molecule has 0 bridgehead atoms. The van der Waals surface area contributed by atoms with Gasteiger partial charge in [-0.2, -0.15) is 13.5 Å². The fourth-order valence-electron chi connectivity index (χ4n) is 8.36. The van der Waals surface area contributed by atoms with E-state index in [1.54, 1.807) is 24.7 Å². The molecule has 9 rings (SSSR count). The summed E-state index contributed by atoms with van der Waals surface area (Å²) in [5, 5.41) is 2.39. The Morgan fingerprint density at radius 2 is 1.13 bits per heavy atom. The van der Waals surface area contributed by atoms with Crippen LogP contribution in [0.4, 0.5) is 0 Å². The van der Waals surface area contributed by atoms with E-state index in [2.05, 4.69) is 206 Å². The molecule has 0 aliphatic carbocycles. The Hall–Kier alpha value is -8.35. The van der Waals surface area contributed by atoms with E-state index in [1.165, 1.54) is 66.4 Å². The molecule has 0 aliphatic rings. The minimum Gasteiger partial charge on any atom is -0.399 e. The van der Waals surface area contributed by atoms with Crippen molar-refractivity contribution in [2.75, 3.05) is 6.54 Å². The lowest BCUT2D eigenvalue weighted by atomic mass is 9.89. The summed E-state index contributed by atoms with van der Waals surface area (Å²) in [5.41, 5.74) is 29.5. The fraction of sp³-hybridized carbons (Fsp3) is 0.0606. The van der Waals surface area contributed by atoms with Crippen LogP contribution in [0.1, 0.15) is 40.3 Å². The number of fused-ring (bicyclic) bond motifs is 1. The van der Waals surface area contributed by atoms with Crippen molar-refractivity contribution >= 4 is 42.1 Å². The summed E-state index contributed by atoms with van der Waals surface area (Å²) >= 11 is 0. The van der Waals surface area contributed by atoms with Crippen LogP contribution >= 0.6 is 13.5 Å². The summed E-state index contributed by atoms with van der Waals surface area (Å²) in [7, 11) is 0. The number of benzene rings is 8. The van der Waals surface area contributed by atoms with Gasteiger partial charge in [-0.05, 0) is 126 Å². The second kappa shape index (κ2) is 26.4. The average Bonchev–Trinajstić information content (AvgIpc) is 3.41. The Balaban J connectivity index is 0.000000350. The third-order valence-electron chi connectivity index (χ3n) is 11.7. The number of nitrogens with zero attached hydrogens (tertiary/aromatic N) is 2. The van der Waals surface area contributed by atoms with Crippen LogP contribution in [0.2, 0.25) is 0 Å². The highest BCUT2D eigenvalue weighted by Crippen LogP contribution is 2.37. The molecular formula is C66H62N4S. The molecule has 5 heteroatoms. The Kier molecular flexibility index (Phi) is 19.4. The maximum absolute atomic E-state index is 5.64. The first-order chi connectivity index (χ1) is 34.3. The zero-order valence-electron chi connectivity index (χ0n) is 40.5. The van der Waals surface area contributed by atoms with Crippen molar-refractivity contribution in [3.63, 3.8) is 0 Å². The zero-order chi connectivity index (χ0) is 49.1. The second-order valence-corrected chi connectivity index (χ2v) is 16.7. The Morgan fingerprint density at radius 3 is 1.76 bits per heavy atom. The van der Waals surface area contributed by atoms with E-state index in [-0.39, 0.29) is 13.5 Å². The zero-order valence-corrected chi connectivity index (χ0v) is 41.5. The fourth-order valence-corrected chi connectivity index (χ4v) is 8.36. The standard InChI is InChI=1S/C49H36N2.C15H17N.C2H7N.H2S/c1-3-36-32-48(47-16-9-8-15-46(47)45(36)4-2)40-21-17-38(18-22-40)43-29-35(27-34-11-10-14-42(28-34)37-12-6-5-7-13-37)30-44(31-43)39-19-23-41(24-20-39)49-33-50-25-26-51-49;1-3-4-5-6-7-9-14-10-8-11-15(12-14)13(2)16;1-2-3;/h3-26,28-33H,1-2,27H2;3-8,10-12H,1-2,9,16H2;2-3H2,1H3;1H2/b;5-4-,7-6-;;. The van der Waals surface area contributed by atoms with Crippen LogP contribution in [-0.2, 0) is 12.8 Å². The van der Waals surface area contributed by atoms with Crippen LogP contribution in [0.3, 0.4) is 0 Å². The topological polar surface area (TPSA) is 77.8 Å². The number of aromatic nitrogens is 2. The van der Waals surface area contributed by atoms with Crippen LogP contribution in [-0.4, -0.2) is 16.5 Å². The van der Waals surface area contributed by atoms with E-state index in [4.69, 9.17) is 11.5 Å². The number of hydrogen-bond donors (Lipinski definition) is 2. The minimum absolute atomic E-state index is 0. The molecule has 0 spiro atoms. The minimum atomic E-state index is 0. The Labute approximate surface area is 428 Å². The lowest BCUT2D eigenvalue weighted by Gasteiger charge is -2.15. The summed E-state index contributed by atoms with van der Waals surface area (Å²) in [5.74, 6) is 0. The van der Waals surface area contributed by atoms with Crippen LogP contribution < -0.4 is 11.5 Å². The van der Waals surface area contributed by atoms with E-state index in [9.17, 15) is 0 Å². The molecule has 8 aromatic carbocycles. The summed E-state index contributed by atoms with van der Waals surface area (Å²) in [4.78, 5) is 8.74. The van der Waals surface area contributed by atoms with E-state index < -0.39 is 0 Å². The molecule has 0 radical (unpaired) electrons. The van der Waals surface area contributed by atoms with Gasteiger partial charge in [-0.15, -0.1) is 0 Å². The predicted molar refractivity (Wildman–Crippen MR) is 313 cm³/mol. The monoisotopic (exact) mass is 942 g/mol. The van der Waals surface area contributed by atoms with Crippen molar-refractivity contribution in [2.24, 2.45) is 11.5 Å². The number of rotatable bonds is 14. The van der Waals surface area contributed by atoms with Gasteiger partial charge in [-0.25, -0.2) is 0 Å². The van der Waals surface area contributed by atoms with Gasteiger partial charge in [0.05, 0.1) is 11.9 Å². The molecule has 0 saturated carbocycles. The molecule has 0 aliphatic heterocycles. The predicted octanol–water partition coefficient (Wildman–Crippen LogP) is 16.4. The third-order valence-corrected chi connectivity index (χ3v) is 11.7. The van der Waals surface area contributed by atoms with Gasteiger partial charge >= 0.3 is 0 Å². The average molecular weight is 943 g/mol. The molecular weight excluding hydrogens is 881 g/mol. The van der Waals surface area contributed by atoms with Crippen molar-refractivity contribution in [2.45, 2.75) is 19.8 Å². The molecule has 1 heterocycles. The maximum atomic E-state index is 5.64. The summed E-state index contributed by atoms with van der Waals surface area (Å²) in [6.07, 6.45) is 20.5. The first-order valence-electron chi connectivity index (χ1n) is 23.6.